The maximum absolute atomic E-state index is 12.0. The molecule has 0 saturated carbocycles. The Kier molecular flexibility index (Phi) is 15.8. The lowest BCUT2D eigenvalue weighted by Crippen LogP contribution is -2.39. The van der Waals surface area contributed by atoms with Crippen molar-refractivity contribution in [3.8, 4) is 0 Å². The minimum absolute atomic E-state index is 0.0792. The zero-order valence-corrected chi connectivity index (χ0v) is 19.8. The van der Waals surface area contributed by atoms with E-state index in [2.05, 4.69) is 6.92 Å². The number of nitrogens with zero attached hydrogens (tertiary/aromatic N) is 1. The van der Waals surface area contributed by atoms with Crippen LogP contribution in [-0.2, 0) is 9.09 Å². The Balaban J connectivity index is 3.68. The molecule has 6 nitrogen and oxygen atoms in total. The normalized spacial score (nSPS) is 16.7. The summed E-state index contributed by atoms with van der Waals surface area (Å²) in [7, 11) is 2.24. The van der Waals surface area contributed by atoms with Crippen molar-refractivity contribution >= 4 is 7.60 Å². The first-order chi connectivity index (χ1) is 13.1. The van der Waals surface area contributed by atoms with Crippen LogP contribution in [0.25, 0.3) is 0 Å². The Labute approximate surface area is 174 Å². The van der Waals surface area contributed by atoms with Crippen LogP contribution in [-0.4, -0.2) is 67.1 Å². The molecule has 0 aliphatic heterocycles. The van der Waals surface area contributed by atoms with E-state index in [0.29, 0.717) is 17.4 Å². The lowest BCUT2D eigenvalue weighted by atomic mass is 10.0. The topological polar surface area (TPSA) is 92.8 Å². The first-order valence-electron chi connectivity index (χ1n) is 11.3. The van der Waals surface area contributed by atoms with E-state index in [-0.39, 0.29) is 12.8 Å². The van der Waals surface area contributed by atoms with Crippen LogP contribution in [0.1, 0.15) is 84.0 Å². The molecule has 0 aromatic heterocycles. The number of unbranched alkanes of at least 4 members (excludes halogenated alkanes) is 10. The number of quaternary nitrogens is 1. The summed E-state index contributed by atoms with van der Waals surface area (Å²) in [6.45, 7) is 2.71. The highest BCUT2D eigenvalue weighted by Gasteiger charge is 2.25. The second-order valence-corrected chi connectivity index (χ2v) is 11.2. The summed E-state index contributed by atoms with van der Waals surface area (Å²) in [5.41, 5.74) is 5.93. The summed E-state index contributed by atoms with van der Waals surface area (Å²) in [5, 5.41) is 10.1. The SMILES string of the molecule is CCCCCCCCCCCCC[C@@H](O)[C@@H](N)COP(=O)(O)CC[N+](C)(C)C. The zero-order chi connectivity index (χ0) is 21.5. The molecule has 0 rings (SSSR count). The highest BCUT2D eigenvalue weighted by Crippen LogP contribution is 2.41. The summed E-state index contributed by atoms with van der Waals surface area (Å²) in [5.74, 6) is 0. The van der Waals surface area contributed by atoms with Crippen LogP contribution >= 0.6 is 7.60 Å². The molecule has 28 heavy (non-hydrogen) atoms. The van der Waals surface area contributed by atoms with Gasteiger partial charge in [0.2, 0.25) is 0 Å². The molecule has 0 aromatic rings. The lowest BCUT2D eigenvalue weighted by Gasteiger charge is -2.25. The number of aliphatic hydroxyl groups excluding tert-OH is 1. The zero-order valence-electron chi connectivity index (χ0n) is 18.9. The third-order valence-electron chi connectivity index (χ3n) is 5.12. The smallest absolute Gasteiger partial charge is 0.333 e. The fraction of sp³-hybridized carbons (Fsp3) is 1.00. The maximum Gasteiger partial charge on any atom is 0.333 e. The molecule has 3 atom stereocenters. The van der Waals surface area contributed by atoms with Gasteiger partial charge >= 0.3 is 7.60 Å². The third-order valence-corrected chi connectivity index (χ3v) is 6.44. The molecular formula is C21H48N2O4P+. The van der Waals surface area contributed by atoms with E-state index in [1.165, 1.54) is 57.8 Å². The number of rotatable bonds is 19. The van der Waals surface area contributed by atoms with Crippen molar-refractivity contribution in [1.29, 1.82) is 0 Å². The average molecular weight is 424 g/mol. The second-order valence-electron chi connectivity index (χ2n) is 9.23. The molecule has 7 heteroatoms. The molecular weight excluding hydrogens is 375 g/mol. The number of aliphatic hydroxyl groups is 1. The summed E-state index contributed by atoms with van der Waals surface area (Å²) in [4.78, 5) is 9.87. The Morgan fingerprint density at radius 2 is 1.39 bits per heavy atom. The molecule has 0 bridgehead atoms. The number of hydrogen-bond donors (Lipinski definition) is 3. The van der Waals surface area contributed by atoms with Crippen LogP contribution < -0.4 is 5.73 Å². The lowest BCUT2D eigenvalue weighted by molar-refractivity contribution is -0.867. The molecule has 4 N–H and O–H groups in total. The average Bonchev–Trinajstić information content (AvgIpc) is 2.62. The van der Waals surface area contributed by atoms with Crippen LogP contribution in [0.4, 0.5) is 0 Å². The van der Waals surface area contributed by atoms with Gasteiger partial charge in [-0.1, -0.05) is 77.6 Å². The van der Waals surface area contributed by atoms with E-state index in [1.54, 1.807) is 0 Å². The van der Waals surface area contributed by atoms with E-state index in [1.807, 2.05) is 21.1 Å². The predicted molar refractivity (Wildman–Crippen MR) is 119 cm³/mol. The predicted octanol–water partition coefficient (Wildman–Crippen LogP) is 4.28. The van der Waals surface area contributed by atoms with Crippen molar-refractivity contribution in [3.63, 3.8) is 0 Å². The minimum atomic E-state index is -3.65. The molecule has 1 unspecified atom stereocenters. The van der Waals surface area contributed by atoms with Crippen molar-refractivity contribution in [3.05, 3.63) is 0 Å². The first-order valence-corrected chi connectivity index (χ1v) is 13.0. The fourth-order valence-corrected chi connectivity index (χ4v) is 4.42. The minimum Gasteiger partial charge on any atom is -0.391 e. The molecule has 0 spiro atoms. The fourth-order valence-electron chi connectivity index (χ4n) is 3.04. The van der Waals surface area contributed by atoms with Crippen molar-refractivity contribution in [1.82, 2.24) is 0 Å². The van der Waals surface area contributed by atoms with Gasteiger partial charge in [0.15, 0.2) is 0 Å². The molecule has 0 aliphatic carbocycles. The van der Waals surface area contributed by atoms with Crippen LogP contribution in [0.2, 0.25) is 0 Å². The van der Waals surface area contributed by atoms with Gasteiger partial charge in [-0.05, 0) is 6.42 Å². The molecule has 170 valence electrons. The molecule has 0 aromatic carbocycles. The van der Waals surface area contributed by atoms with Gasteiger partial charge in [0.05, 0.1) is 52.6 Å². The van der Waals surface area contributed by atoms with Gasteiger partial charge < -0.3 is 24.7 Å². The van der Waals surface area contributed by atoms with Crippen LogP contribution in [0.3, 0.4) is 0 Å². The van der Waals surface area contributed by atoms with Gasteiger partial charge in [-0.15, -0.1) is 0 Å². The summed E-state index contributed by atoms with van der Waals surface area (Å²) < 4.78 is 17.8. The van der Waals surface area contributed by atoms with Crippen LogP contribution in [0, 0.1) is 0 Å². The molecule has 0 saturated heterocycles. The molecule has 0 fully saturated rings. The van der Waals surface area contributed by atoms with E-state index in [9.17, 15) is 14.6 Å². The Morgan fingerprint density at radius 3 is 1.86 bits per heavy atom. The molecule has 0 heterocycles. The van der Waals surface area contributed by atoms with Crippen molar-refractivity contribution in [2.24, 2.45) is 5.73 Å². The van der Waals surface area contributed by atoms with Crippen LogP contribution in [0.5, 0.6) is 0 Å². The molecule has 0 radical (unpaired) electrons. The van der Waals surface area contributed by atoms with E-state index in [4.69, 9.17) is 10.3 Å². The third kappa shape index (κ3) is 18.1. The summed E-state index contributed by atoms with van der Waals surface area (Å²) in [6, 6.07) is -0.618. The van der Waals surface area contributed by atoms with E-state index >= 15 is 0 Å². The van der Waals surface area contributed by atoms with Crippen LogP contribution in [0.15, 0.2) is 0 Å². The van der Waals surface area contributed by atoms with Crippen molar-refractivity contribution in [2.45, 2.75) is 96.1 Å². The van der Waals surface area contributed by atoms with Gasteiger partial charge in [0.25, 0.3) is 0 Å². The summed E-state index contributed by atoms with van der Waals surface area (Å²) >= 11 is 0. The maximum atomic E-state index is 12.0. The Morgan fingerprint density at radius 1 is 0.929 bits per heavy atom. The number of hydrogen-bond acceptors (Lipinski definition) is 4. The largest absolute Gasteiger partial charge is 0.391 e. The van der Waals surface area contributed by atoms with Gasteiger partial charge in [-0.25, -0.2) is 0 Å². The monoisotopic (exact) mass is 423 g/mol. The Hall–Kier alpha value is 0.0300. The van der Waals surface area contributed by atoms with Crippen molar-refractivity contribution in [2.75, 3.05) is 40.5 Å². The molecule has 0 amide bonds. The first kappa shape index (κ1) is 28.0. The number of nitrogens with two attached hydrogens (primary N) is 1. The Bertz CT molecular complexity index is 416. The highest BCUT2D eigenvalue weighted by molar-refractivity contribution is 7.52. The second kappa shape index (κ2) is 15.8. The van der Waals surface area contributed by atoms with Crippen molar-refractivity contribution < 1.29 is 23.6 Å². The quantitative estimate of drug-likeness (QED) is 0.164. The van der Waals surface area contributed by atoms with Gasteiger partial charge in [0.1, 0.15) is 0 Å². The van der Waals surface area contributed by atoms with E-state index in [0.717, 1.165) is 12.8 Å². The van der Waals surface area contributed by atoms with Gasteiger partial charge in [-0.2, -0.15) is 0 Å². The highest BCUT2D eigenvalue weighted by atomic mass is 31.2. The van der Waals surface area contributed by atoms with E-state index < -0.39 is 19.7 Å². The van der Waals surface area contributed by atoms with Gasteiger partial charge in [-0.3, -0.25) is 4.57 Å². The molecule has 0 aliphatic rings. The van der Waals surface area contributed by atoms with Gasteiger partial charge in [0, 0.05) is 0 Å². The summed E-state index contributed by atoms with van der Waals surface area (Å²) in [6.07, 6.45) is 13.9. The standard InChI is InChI=1S/C21H47N2O4P/c1-5-6-7-8-9-10-11-12-13-14-15-16-21(24)20(22)19-27-28(25,26)18-17-23(2,3)4/h20-21,24H,5-19,22H2,1-4H3/p+1/t20-,21+/m0/s1.